The first-order chi connectivity index (χ1) is 12.6. The van der Waals surface area contributed by atoms with Crippen LogP contribution in [0.25, 0.3) is 0 Å². The fourth-order valence-electron chi connectivity index (χ4n) is 2.97. The van der Waals surface area contributed by atoms with Gasteiger partial charge < -0.3 is 19.7 Å². The van der Waals surface area contributed by atoms with Crippen LogP contribution in [-0.2, 0) is 11.3 Å². The highest BCUT2D eigenvalue weighted by molar-refractivity contribution is 5.35. The molecule has 26 heavy (non-hydrogen) atoms. The number of morpholine rings is 1. The minimum Gasteiger partial charge on any atom is -0.451 e. The molecular weight excluding hydrogens is 344 g/mol. The van der Waals surface area contributed by atoms with Gasteiger partial charge in [0, 0.05) is 19.6 Å². The maximum absolute atomic E-state index is 14.3. The van der Waals surface area contributed by atoms with Crippen LogP contribution >= 0.6 is 0 Å². The Balaban J connectivity index is 1.68. The second kappa shape index (κ2) is 8.55. The van der Waals surface area contributed by atoms with Gasteiger partial charge in [0.2, 0.25) is 0 Å². The van der Waals surface area contributed by atoms with Crippen molar-refractivity contribution in [3.8, 4) is 11.5 Å². The van der Waals surface area contributed by atoms with E-state index in [1.54, 1.807) is 12.1 Å². The van der Waals surface area contributed by atoms with Gasteiger partial charge in [-0.3, -0.25) is 4.90 Å². The van der Waals surface area contributed by atoms with E-state index in [1.165, 1.54) is 30.3 Å². The molecule has 2 aromatic rings. The molecular formula is C19H21F2NO4. The van der Waals surface area contributed by atoms with Crippen molar-refractivity contribution in [3.05, 3.63) is 59.7 Å². The monoisotopic (exact) mass is 365 g/mol. The van der Waals surface area contributed by atoms with Crippen molar-refractivity contribution in [2.45, 2.75) is 18.8 Å². The molecule has 140 valence electrons. The Hall–Kier alpha value is -2.06. The molecule has 2 atom stereocenters. The lowest BCUT2D eigenvalue weighted by molar-refractivity contribution is -0.119. The van der Waals surface area contributed by atoms with Crippen LogP contribution in [0.2, 0.25) is 0 Å². The minimum absolute atomic E-state index is 0.0381. The van der Waals surface area contributed by atoms with Crippen molar-refractivity contribution in [3.63, 3.8) is 0 Å². The summed E-state index contributed by atoms with van der Waals surface area (Å²) in [5.41, 5.74) is 0.707. The SMILES string of the molecule is OC[C@@H]1CN(Cc2ccc(Oc3ccccc3F)c(F)c2)C[C@H](CO)O1. The number of halogens is 2. The predicted octanol–water partition coefficient (Wildman–Crippen LogP) is 2.31. The van der Waals surface area contributed by atoms with E-state index in [1.807, 2.05) is 4.90 Å². The first kappa shape index (κ1) is 18.7. The fourth-order valence-corrected chi connectivity index (χ4v) is 2.97. The molecule has 2 N–H and O–H groups in total. The standard InChI is InChI=1S/C19H21F2NO4/c20-16-3-1-2-4-18(16)26-19-6-5-13(7-17(19)21)8-22-9-14(11-23)25-15(10-22)12-24/h1-7,14-15,23-24H,8-12H2/t14-,15+. The van der Waals surface area contributed by atoms with Crippen LogP contribution in [0.3, 0.4) is 0 Å². The lowest BCUT2D eigenvalue weighted by Crippen LogP contribution is -2.49. The van der Waals surface area contributed by atoms with E-state index in [9.17, 15) is 19.0 Å². The highest BCUT2D eigenvalue weighted by atomic mass is 19.1. The largest absolute Gasteiger partial charge is 0.451 e. The smallest absolute Gasteiger partial charge is 0.166 e. The van der Waals surface area contributed by atoms with Gasteiger partial charge in [-0.15, -0.1) is 0 Å². The van der Waals surface area contributed by atoms with E-state index in [4.69, 9.17) is 9.47 Å². The number of benzene rings is 2. The van der Waals surface area contributed by atoms with Gasteiger partial charge in [0.1, 0.15) is 0 Å². The lowest BCUT2D eigenvalue weighted by atomic mass is 10.1. The zero-order chi connectivity index (χ0) is 18.5. The lowest BCUT2D eigenvalue weighted by Gasteiger charge is -2.36. The molecule has 0 aromatic heterocycles. The first-order valence-electron chi connectivity index (χ1n) is 8.39. The number of rotatable bonds is 6. The highest BCUT2D eigenvalue weighted by Crippen LogP contribution is 2.27. The average molecular weight is 365 g/mol. The normalized spacial score (nSPS) is 20.9. The Morgan fingerprint density at radius 1 is 0.962 bits per heavy atom. The first-order valence-corrected chi connectivity index (χ1v) is 8.39. The summed E-state index contributed by atoms with van der Waals surface area (Å²) in [6.45, 7) is 1.13. The van der Waals surface area contributed by atoms with Gasteiger partial charge in [-0.1, -0.05) is 18.2 Å². The van der Waals surface area contributed by atoms with E-state index < -0.39 is 11.6 Å². The summed E-state index contributed by atoms with van der Waals surface area (Å²) in [5.74, 6) is -1.24. The molecule has 2 aromatic carbocycles. The number of aliphatic hydroxyl groups is 2. The van der Waals surface area contributed by atoms with Gasteiger partial charge >= 0.3 is 0 Å². The molecule has 0 spiro atoms. The molecule has 3 rings (SSSR count). The fraction of sp³-hybridized carbons (Fsp3) is 0.368. The molecule has 0 unspecified atom stereocenters. The van der Waals surface area contributed by atoms with Gasteiger partial charge in [0.25, 0.3) is 0 Å². The zero-order valence-corrected chi connectivity index (χ0v) is 14.1. The van der Waals surface area contributed by atoms with E-state index in [-0.39, 0.29) is 36.9 Å². The number of nitrogens with zero attached hydrogens (tertiary/aromatic N) is 1. The molecule has 0 saturated carbocycles. The van der Waals surface area contributed by atoms with Crippen LogP contribution in [0.4, 0.5) is 8.78 Å². The summed E-state index contributed by atoms with van der Waals surface area (Å²) in [7, 11) is 0. The van der Waals surface area contributed by atoms with Crippen molar-refractivity contribution in [2.24, 2.45) is 0 Å². The molecule has 7 heteroatoms. The second-order valence-electron chi connectivity index (χ2n) is 6.24. The molecule has 1 fully saturated rings. The summed E-state index contributed by atoms with van der Waals surface area (Å²) < 4.78 is 38.8. The second-order valence-corrected chi connectivity index (χ2v) is 6.24. The third-order valence-corrected chi connectivity index (χ3v) is 4.17. The van der Waals surface area contributed by atoms with E-state index in [0.29, 0.717) is 25.2 Å². The maximum Gasteiger partial charge on any atom is 0.166 e. The Labute approximate surface area is 150 Å². The van der Waals surface area contributed by atoms with Gasteiger partial charge in [0.05, 0.1) is 25.4 Å². The Kier molecular flexibility index (Phi) is 6.16. The Morgan fingerprint density at radius 2 is 1.62 bits per heavy atom. The van der Waals surface area contributed by atoms with Gasteiger partial charge in [-0.05, 0) is 29.8 Å². The number of hydrogen-bond acceptors (Lipinski definition) is 5. The number of aliphatic hydroxyl groups excluding tert-OH is 2. The van der Waals surface area contributed by atoms with Crippen LogP contribution in [0.1, 0.15) is 5.56 Å². The van der Waals surface area contributed by atoms with Crippen LogP contribution in [0.15, 0.2) is 42.5 Å². The van der Waals surface area contributed by atoms with Gasteiger partial charge in [-0.2, -0.15) is 0 Å². The summed E-state index contributed by atoms with van der Waals surface area (Å²) in [5, 5.41) is 18.6. The number of para-hydroxylation sites is 1. The van der Waals surface area contributed by atoms with Crippen LogP contribution in [0.5, 0.6) is 11.5 Å². The van der Waals surface area contributed by atoms with Crippen LogP contribution in [-0.4, -0.2) is 53.6 Å². The molecule has 1 aliphatic rings. The highest BCUT2D eigenvalue weighted by Gasteiger charge is 2.27. The van der Waals surface area contributed by atoms with Crippen LogP contribution in [0, 0.1) is 11.6 Å². The van der Waals surface area contributed by atoms with Crippen LogP contribution < -0.4 is 4.74 Å². The van der Waals surface area contributed by atoms with Crippen molar-refractivity contribution >= 4 is 0 Å². The zero-order valence-electron chi connectivity index (χ0n) is 14.1. The van der Waals surface area contributed by atoms with Crippen molar-refractivity contribution in [1.29, 1.82) is 0 Å². The summed E-state index contributed by atoms with van der Waals surface area (Å²) in [4.78, 5) is 1.98. The van der Waals surface area contributed by atoms with E-state index in [2.05, 4.69) is 0 Å². The molecule has 0 aliphatic carbocycles. The summed E-state index contributed by atoms with van der Waals surface area (Å²) >= 11 is 0. The van der Waals surface area contributed by atoms with E-state index in [0.717, 1.165) is 0 Å². The molecule has 1 heterocycles. The predicted molar refractivity (Wildman–Crippen MR) is 91.0 cm³/mol. The molecule has 1 saturated heterocycles. The van der Waals surface area contributed by atoms with Gasteiger partial charge in [0.15, 0.2) is 23.1 Å². The Morgan fingerprint density at radius 3 is 2.23 bits per heavy atom. The third-order valence-electron chi connectivity index (χ3n) is 4.17. The molecule has 1 aliphatic heterocycles. The van der Waals surface area contributed by atoms with Gasteiger partial charge in [-0.25, -0.2) is 8.78 Å². The average Bonchev–Trinajstić information content (AvgIpc) is 2.65. The van der Waals surface area contributed by atoms with Crippen molar-refractivity contribution in [1.82, 2.24) is 4.90 Å². The van der Waals surface area contributed by atoms with E-state index >= 15 is 0 Å². The third kappa shape index (κ3) is 4.56. The topological polar surface area (TPSA) is 62.2 Å². The van der Waals surface area contributed by atoms with Crippen molar-refractivity contribution < 1.29 is 28.5 Å². The maximum atomic E-state index is 14.3. The quantitative estimate of drug-likeness (QED) is 0.823. The van der Waals surface area contributed by atoms with Crippen molar-refractivity contribution in [2.75, 3.05) is 26.3 Å². The molecule has 0 radical (unpaired) electrons. The molecule has 5 nitrogen and oxygen atoms in total. The molecule has 0 amide bonds. The number of hydrogen-bond donors (Lipinski definition) is 2. The molecule has 0 bridgehead atoms. The Bertz CT molecular complexity index is 731. The summed E-state index contributed by atoms with van der Waals surface area (Å²) in [6, 6.07) is 10.3. The minimum atomic E-state index is -0.587. The number of ether oxygens (including phenoxy) is 2. The summed E-state index contributed by atoms with van der Waals surface area (Å²) in [6.07, 6.45) is -0.760.